The highest BCUT2D eigenvalue weighted by Crippen LogP contribution is 2.24. The number of amides is 2. The van der Waals surface area contributed by atoms with Crippen LogP contribution in [-0.2, 0) is 9.59 Å². The highest BCUT2D eigenvalue weighted by molar-refractivity contribution is 5.91. The lowest BCUT2D eigenvalue weighted by molar-refractivity contribution is -0.186. The first-order valence-electron chi connectivity index (χ1n) is 6.32. The molecule has 114 valence electrons. The van der Waals surface area contributed by atoms with Gasteiger partial charge >= 0.3 is 12.1 Å². The SMILES string of the molecule is O=C(Nc1ncccn1)C1CCN(C(=O)C(F)(F)F)CC1. The monoisotopic (exact) mass is 302 g/mol. The van der Waals surface area contributed by atoms with E-state index in [-0.39, 0.29) is 37.8 Å². The van der Waals surface area contributed by atoms with E-state index in [4.69, 9.17) is 0 Å². The van der Waals surface area contributed by atoms with Crippen molar-refractivity contribution in [3.8, 4) is 0 Å². The third-order valence-electron chi connectivity index (χ3n) is 3.20. The second-order valence-corrected chi connectivity index (χ2v) is 4.63. The highest BCUT2D eigenvalue weighted by atomic mass is 19.4. The second-order valence-electron chi connectivity index (χ2n) is 4.63. The molecule has 1 N–H and O–H groups in total. The summed E-state index contributed by atoms with van der Waals surface area (Å²) in [4.78, 5) is 31.4. The van der Waals surface area contributed by atoms with Crippen molar-refractivity contribution >= 4 is 17.8 Å². The number of alkyl halides is 3. The highest BCUT2D eigenvalue weighted by Gasteiger charge is 2.43. The molecule has 1 aliphatic rings. The number of hydrogen-bond donors (Lipinski definition) is 1. The van der Waals surface area contributed by atoms with Crippen molar-refractivity contribution in [1.82, 2.24) is 14.9 Å². The molecule has 0 atom stereocenters. The lowest BCUT2D eigenvalue weighted by Gasteiger charge is -2.31. The van der Waals surface area contributed by atoms with Gasteiger partial charge in [0.25, 0.3) is 0 Å². The van der Waals surface area contributed by atoms with Crippen LogP contribution in [0.15, 0.2) is 18.5 Å². The van der Waals surface area contributed by atoms with Crippen LogP contribution in [0, 0.1) is 5.92 Å². The van der Waals surface area contributed by atoms with Gasteiger partial charge in [-0.2, -0.15) is 13.2 Å². The molecule has 21 heavy (non-hydrogen) atoms. The fourth-order valence-electron chi connectivity index (χ4n) is 2.10. The molecule has 0 spiro atoms. The van der Waals surface area contributed by atoms with Crippen LogP contribution in [0.5, 0.6) is 0 Å². The Balaban J connectivity index is 1.86. The predicted molar refractivity (Wildman–Crippen MR) is 66.0 cm³/mol. The summed E-state index contributed by atoms with van der Waals surface area (Å²) < 4.78 is 36.9. The van der Waals surface area contributed by atoms with Crippen LogP contribution < -0.4 is 5.32 Å². The maximum atomic E-state index is 12.3. The summed E-state index contributed by atoms with van der Waals surface area (Å²) >= 11 is 0. The zero-order valence-corrected chi connectivity index (χ0v) is 10.9. The Morgan fingerprint density at radius 1 is 1.19 bits per heavy atom. The minimum Gasteiger partial charge on any atom is -0.335 e. The number of piperidine rings is 1. The Bertz CT molecular complexity index is 513. The standard InChI is InChI=1S/C12H13F3N4O2/c13-12(14,15)10(21)19-6-2-8(3-7-19)9(20)18-11-16-4-1-5-17-11/h1,4-5,8H,2-3,6-7H2,(H,16,17,18,20). The molecule has 0 unspecified atom stereocenters. The van der Waals surface area contributed by atoms with Crippen molar-refractivity contribution in [2.45, 2.75) is 19.0 Å². The number of nitrogens with zero attached hydrogens (tertiary/aromatic N) is 3. The van der Waals surface area contributed by atoms with Gasteiger partial charge in [0.05, 0.1) is 0 Å². The molecule has 2 rings (SSSR count). The number of halogens is 3. The van der Waals surface area contributed by atoms with Crippen molar-refractivity contribution in [3.05, 3.63) is 18.5 Å². The van der Waals surface area contributed by atoms with Gasteiger partial charge in [0, 0.05) is 31.4 Å². The molecule has 6 nitrogen and oxygen atoms in total. The third-order valence-corrected chi connectivity index (χ3v) is 3.20. The molecule has 0 aromatic carbocycles. The van der Waals surface area contributed by atoms with Crippen LogP contribution in [0.4, 0.5) is 19.1 Å². The van der Waals surface area contributed by atoms with E-state index in [1.54, 1.807) is 6.07 Å². The molecule has 0 aliphatic carbocycles. The molecule has 1 saturated heterocycles. The van der Waals surface area contributed by atoms with E-state index in [1.807, 2.05) is 0 Å². The summed E-state index contributed by atoms with van der Waals surface area (Å²) in [5, 5.41) is 2.50. The summed E-state index contributed by atoms with van der Waals surface area (Å²) in [6.45, 7) is -0.182. The summed E-state index contributed by atoms with van der Waals surface area (Å²) in [5.74, 6) is -2.50. The number of anilines is 1. The van der Waals surface area contributed by atoms with Crippen LogP contribution in [0.25, 0.3) is 0 Å². The van der Waals surface area contributed by atoms with Gasteiger partial charge in [-0.1, -0.05) is 0 Å². The molecular weight excluding hydrogens is 289 g/mol. The van der Waals surface area contributed by atoms with Crippen molar-refractivity contribution in [2.75, 3.05) is 18.4 Å². The molecule has 0 bridgehead atoms. The zero-order valence-electron chi connectivity index (χ0n) is 10.9. The minimum atomic E-state index is -4.87. The van der Waals surface area contributed by atoms with E-state index < -0.39 is 18.0 Å². The molecule has 1 aliphatic heterocycles. The van der Waals surface area contributed by atoms with Gasteiger partial charge < -0.3 is 4.90 Å². The lowest BCUT2D eigenvalue weighted by atomic mass is 9.96. The quantitative estimate of drug-likeness (QED) is 0.891. The topological polar surface area (TPSA) is 75.2 Å². The smallest absolute Gasteiger partial charge is 0.335 e. The molecule has 9 heteroatoms. The summed E-state index contributed by atoms with van der Waals surface area (Å²) in [7, 11) is 0. The molecule has 1 aromatic heterocycles. The largest absolute Gasteiger partial charge is 0.471 e. The van der Waals surface area contributed by atoms with Crippen molar-refractivity contribution in [3.63, 3.8) is 0 Å². The average Bonchev–Trinajstić information content (AvgIpc) is 2.46. The number of carbonyl (C=O) groups is 2. The molecule has 0 saturated carbocycles. The Morgan fingerprint density at radius 2 is 1.76 bits per heavy atom. The third kappa shape index (κ3) is 3.89. The van der Waals surface area contributed by atoms with Crippen LogP contribution in [0.1, 0.15) is 12.8 Å². The van der Waals surface area contributed by atoms with Crippen LogP contribution in [0.2, 0.25) is 0 Å². The van der Waals surface area contributed by atoms with E-state index in [9.17, 15) is 22.8 Å². The maximum absolute atomic E-state index is 12.3. The first kappa shape index (κ1) is 15.2. The van der Waals surface area contributed by atoms with E-state index in [2.05, 4.69) is 15.3 Å². The summed E-state index contributed by atoms with van der Waals surface area (Å²) in [5.41, 5.74) is 0. The van der Waals surface area contributed by atoms with E-state index in [0.29, 0.717) is 0 Å². The Morgan fingerprint density at radius 3 is 2.29 bits per heavy atom. The number of likely N-dealkylation sites (tertiary alicyclic amines) is 1. The molecule has 2 heterocycles. The normalized spacial score (nSPS) is 16.6. The summed E-state index contributed by atoms with van der Waals surface area (Å²) in [6, 6.07) is 1.59. The average molecular weight is 302 g/mol. The molecule has 1 fully saturated rings. The van der Waals surface area contributed by atoms with Crippen LogP contribution >= 0.6 is 0 Å². The van der Waals surface area contributed by atoms with E-state index in [0.717, 1.165) is 4.90 Å². The number of hydrogen-bond acceptors (Lipinski definition) is 4. The van der Waals surface area contributed by atoms with E-state index in [1.165, 1.54) is 12.4 Å². The molecule has 0 radical (unpaired) electrons. The number of aromatic nitrogens is 2. The van der Waals surface area contributed by atoms with Gasteiger partial charge in [0.1, 0.15) is 0 Å². The fraction of sp³-hybridized carbons (Fsp3) is 0.500. The Kier molecular flexibility index (Phi) is 4.39. The van der Waals surface area contributed by atoms with Crippen LogP contribution in [-0.4, -0.2) is 45.9 Å². The minimum absolute atomic E-state index is 0.0912. The summed E-state index contributed by atoms with van der Waals surface area (Å²) in [6.07, 6.45) is -1.58. The molecule has 2 amide bonds. The fourth-order valence-corrected chi connectivity index (χ4v) is 2.10. The van der Waals surface area contributed by atoms with Gasteiger partial charge in [-0.05, 0) is 18.9 Å². The van der Waals surface area contributed by atoms with Crippen molar-refractivity contribution in [2.24, 2.45) is 5.92 Å². The van der Waals surface area contributed by atoms with Gasteiger partial charge in [-0.15, -0.1) is 0 Å². The zero-order chi connectivity index (χ0) is 15.5. The number of carbonyl (C=O) groups excluding carboxylic acids is 2. The van der Waals surface area contributed by atoms with Gasteiger partial charge in [-0.3, -0.25) is 14.9 Å². The number of rotatable bonds is 2. The van der Waals surface area contributed by atoms with Gasteiger partial charge in [0.2, 0.25) is 11.9 Å². The van der Waals surface area contributed by atoms with E-state index >= 15 is 0 Å². The molecule has 1 aromatic rings. The molecular formula is C12H13F3N4O2. The second kappa shape index (κ2) is 6.06. The maximum Gasteiger partial charge on any atom is 0.471 e. The lowest BCUT2D eigenvalue weighted by Crippen LogP contribution is -2.46. The van der Waals surface area contributed by atoms with Crippen molar-refractivity contribution in [1.29, 1.82) is 0 Å². The Labute approximate surface area is 118 Å². The van der Waals surface area contributed by atoms with Gasteiger partial charge in [-0.25, -0.2) is 9.97 Å². The first-order chi connectivity index (χ1) is 9.88. The van der Waals surface area contributed by atoms with Crippen molar-refractivity contribution < 1.29 is 22.8 Å². The van der Waals surface area contributed by atoms with Crippen LogP contribution in [0.3, 0.4) is 0 Å². The first-order valence-corrected chi connectivity index (χ1v) is 6.32. The Hall–Kier alpha value is -2.19. The predicted octanol–water partition coefficient (Wildman–Crippen LogP) is 1.22. The van der Waals surface area contributed by atoms with Gasteiger partial charge in [0.15, 0.2) is 0 Å². The number of nitrogens with one attached hydrogen (secondary N) is 1.